The summed E-state index contributed by atoms with van der Waals surface area (Å²) in [6.07, 6.45) is 7.14. The molecule has 1 fully saturated rings. The minimum atomic E-state index is -0.763. The molecule has 0 spiro atoms. The Hall–Kier alpha value is -0.570. The molecule has 0 heterocycles. The number of hydrogen-bond donors (Lipinski definition) is 2. The van der Waals surface area contributed by atoms with Crippen LogP contribution in [0.3, 0.4) is 0 Å². The van der Waals surface area contributed by atoms with Crippen molar-refractivity contribution in [3.8, 4) is 0 Å². The van der Waals surface area contributed by atoms with Crippen molar-refractivity contribution in [2.75, 3.05) is 0 Å². The van der Waals surface area contributed by atoms with Crippen molar-refractivity contribution in [2.24, 2.45) is 5.92 Å². The van der Waals surface area contributed by atoms with Crippen LogP contribution in [-0.2, 0) is 4.79 Å². The van der Waals surface area contributed by atoms with E-state index in [0.29, 0.717) is 18.8 Å². The third-order valence-electron chi connectivity index (χ3n) is 3.08. The highest BCUT2D eigenvalue weighted by Crippen LogP contribution is 2.28. The van der Waals surface area contributed by atoms with E-state index in [0.717, 1.165) is 12.8 Å². The Bertz CT molecular complexity index is 173. The van der Waals surface area contributed by atoms with E-state index in [2.05, 4.69) is 0 Å². The van der Waals surface area contributed by atoms with Gasteiger partial charge >= 0.3 is 5.97 Å². The molecule has 0 aliphatic heterocycles. The van der Waals surface area contributed by atoms with Gasteiger partial charge < -0.3 is 10.2 Å². The minimum Gasteiger partial charge on any atom is -0.481 e. The molecule has 1 saturated carbocycles. The summed E-state index contributed by atoms with van der Waals surface area (Å²) in [5.74, 6) is -0.335. The van der Waals surface area contributed by atoms with Crippen LogP contribution in [0.5, 0.6) is 0 Å². The zero-order valence-electron chi connectivity index (χ0n) is 8.61. The second-order valence-corrected chi connectivity index (χ2v) is 4.25. The van der Waals surface area contributed by atoms with E-state index in [1.165, 1.54) is 19.3 Å². The lowest BCUT2D eigenvalue weighted by atomic mass is 9.83. The van der Waals surface area contributed by atoms with Crippen molar-refractivity contribution >= 4 is 5.97 Å². The highest BCUT2D eigenvalue weighted by molar-refractivity contribution is 5.66. The van der Waals surface area contributed by atoms with Gasteiger partial charge in [0.05, 0.1) is 6.10 Å². The Morgan fingerprint density at radius 3 is 2.50 bits per heavy atom. The van der Waals surface area contributed by atoms with Crippen LogP contribution in [0, 0.1) is 5.92 Å². The minimum absolute atomic E-state index is 0.184. The SMILES string of the molecule is O=C(O)CCCC(O)C1CCCCC1. The molecule has 0 amide bonds. The first-order valence-corrected chi connectivity index (χ1v) is 5.60. The maximum atomic E-state index is 10.3. The number of carboxylic acids is 1. The molecule has 14 heavy (non-hydrogen) atoms. The van der Waals surface area contributed by atoms with Crippen LogP contribution in [-0.4, -0.2) is 22.3 Å². The predicted molar refractivity (Wildman–Crippen MR) is 54.1 cm³/mol. The number of aliphatic hydroxyl groups is 1. The smallest absolute Gasteiger partial charge is 0.303 e. The molecular formula is C11H20O3. The summed E-state index contributed by atoms with van der Waals surface area (Å²) in [7, 11) is 0. The number of rotatable bonds is 5. The lowest BCUT2D eigenvalue weighted by Crippen LogP contribution is -2.22. The number of carboxylic acid groups (broad SMARTS) is 1. The fraction of sp³-hybridized carbons (Fsp3) is 0.909. The first kappa shape index (κ1) is 11.5. The van der Waals surface area contributed by atoms with Gasteiger partial charge in [-0.25, -0.2) is 0 Å². The highest BCUT2D eigenvalue weighted by Gasteiger charge is 2.21. The summed E-state index contributed by atoms with van der Waals surface area (Å²) in [6.45, 7) is 0. The highest BCUT2D eigenvalue weighted by atomic mass is 16.4. The second-order valence-electron chi connectivity index (χ2n) is 4.25. The van der Waals surface area contributed by atoms with E-state index in [4.69, 9.17) is 5.11 Å². The van der Waals surface area contributed by atoms with Crippen molar-refractivity contribution in [1.82, 2.24) is 0 Å². The van der Waals surface area contributed by atoms with Crippen LogP contribution >= 0.6 is 0 Å². The van der Waals surface area contributed by atoms with Gasteiger partial charge in [0.15, 0.2) is 0 Å². The number of hydrogen-bond acceptors (Lipinski definition) is 2. The molecule has 2 N–H and O–H groups in total. The Morgan fingerprint density at radius 1 is 1.29 bits per heavy atom. The van der Waals surface area contributed by atoms with Gasteiger partial charge in [-0.15, -0.1) is 0 Å². The molecule has 0 saturated heterocycles. The van der Waals surface area contributed by atoms with E-state index < -0.39 is 5.97 Å². The second kappa shape index (κ2) is 6.02. The standard InChI is InChI=1S/C11H20O3/c12-10(7-4-8-11(13)14)9-5-2-1-3-6-9/h9-10,12H,1-8H2,(H,13,14). The molecule has 82 valence electrons. The molecule has 0 aromatic rings. The van der Waals surface area contributed by atoms with Gasteiger partial charge in [0, 0.05) is 6.42 Å². The van der Waals surface area contributed by atoms with Gasteiger partial charge in [0.2, 0.25) is 0 Å². The summed E-state index contributed by atoms with van der Waals surface area (Å²) in [5, 5.41) is 18.2. The van der Waals surface area contributed by atoms with Crippen molar-refractivity contribution < 1.29 is 15.0 Å². The number of carbonyl (C=O) groups is 1. The van der Waals surface area contributed by atoms with Crippen LogP contribution in [0.4, 0.5) is 0 Å². The van der Waals surface area contributed by atoms with E-state index in [-0.39, 0.29) is 12.5 Å². The lowest BCUT2D eigenvalue weighted by Gasteiger charge is -2.26. The summed E-state index contributed by atoms with van der Waals surface area (Å²) in [6, 6.07) is 0. The quantitative estimate of drug-likeness (QED) is 0.715. The van der Waals surface area contributed by atoms with E-state index >= 15 is 0 Å². The van der Waals surface area contributed by atoms with Crippen molar-refractivity contribution in [3.05, 3.63) is 0 Å². The molecule has 1 aliphatic carbocycles. The molecule has 3 heteroatoms. The third-order valence-corrected chi connectivity index (χ3v) is 3.08. The van der Waals surface area contributed by atoms with Crippen molar-refractivity contribution in [3.63, 3.8) is 0 Å². The summed E-state index contributed by atoms with van der Waals surface area (Å²) in [4.78, 5) is 10.3. The van der Waals surface area contributed by atoms with Crippen LogP contribution in [0.25, 0.3) is 0 Å². The number of aliphatic carboxylic acids is 1. The first-order valence-electron chi connectivity index (χ1n) is 5.60. The van der Waals surface area contributed by atoms with Gasteiger partial charge in [0.25, 0.3) is 0 Å². The monoisotopic (exact) mass is 200 g/mol. The van der Waals surface area contributed by atoms with Crippen molar-refractivity contribution in [1.29, 1.82) is 0 Å². The summed E-state index contributed by atoms with van der Waals surface area (Å²) < 4.78 is 0. The molecule has 0 aromatic carbocycles. The molecule has 0 bridgehead atoms. The Balaban J connectivity index is 2.13. The molecule has 3 nitrogen and oxygen atoms in total. The van der Waals surface area contributed by atoms with Crippen LogP contribution in [0.15, 0.2) is 0 Å². The maximum Gasteiger partial charge on any atom is 0.303 e. The Labute approximate surface area is 85.1 Å². The zero-order chi connectivity index (χ0) is 10.4. The van der Waals surface area contributed by atoms with Gasteiger partial charge in [-0.1, -0.05) is 19.3 Å². The first-order chi connectivity index (χ1) is 6.70. The Morgan fingerprint density at radius 2 is 1.93 bits per heavy atom. The van der Waals surface area contributed by atoms with Crippen LogP contribution in [0.1, 0.15) is 51.4 Å². The Kier molecular flexibility index (Phi) is 4.94. The van der Waals surface area contributed by atoms with E-state index in [9.17, 15) is 9.90 Å². The van der Waals surface area contributed by atoms with Gasteiger partial charge in [-0.2, -0.15) is 0 Å². The summed E-state index contributed by atoms with van der Waals surface area (Å²) >= 11 is 0. The molecular weight excluding hydrogens is 180 g/mol. The predicted octanol–water partition coefficient (Wildman–Crippen LogP) is 2.18. The zero-order valence-corrected chi connectivity index (χ0v) is 8.61. The topological polar surface area (TPSA) is 57.5 Å². The lowest BCUT2D eigenvalue weighted by molar-refractivity contribution is -0.137. The maximum absolute atomic E-state index is 10.3. The average molecular weight is 200 g/mol. The largest absolute Gasteiger partial charge is 0.481 e. The average Bonchev–Trinajstić information content (AvgIpc) is 2.18. The van der Waals surface area contributed by atoms with Gasteiger partial charge in [0.1, 0.15) is 0 Å². The van der Waals surface area contributed by atoms with E-state index in [1.54, 1.807) is 0 Å². The van der Waals surface area contributed by atoms with Crippen LogP contribution in [0.2, 0.25) is 0 Å². The van der Waals surface area contributed by atoms with Crippen LogP contribution < -0.4 is 0 Å². The molecule has 1 unspecified atom stereocenters. The van der Waals surface area contributed by atoms with Crippen molar-refractivity contribution in [2.45, 2.75) is 57.5 Å². The normalized spacial score (nSPS) is 20.6. The fourth-order valence-corrected chi connectivity index (χ4v) is 2.22. The fourth-order valence-electron chi connectivity index (χ4n) is 2.22. The summed E-state index contributed by atoms with van der Waals surface area (Å²) in [5.41, 5.74) is 0. The molecule has 1 atom stereocenters. The van der Waals surface area contributed by atoms with E-state index in [1.807, 2.05) is 0 Å². The third kappa shape index (κ3) is 4.09. The molecule has 0 aromatic heterocycles. The van der Waals surface area contributed by atoms with Gasteiger partial charge in [-0.3, -0.25) is 4.79 Å². The molecule has 0 radical (unpaired) electrons. The molecule has 1 rings (SSSR count). The number of aliphatic hydroxyl groups excluding tert-OH is 1. The molecule has 1 aliphatic rings. The van der Waals surface area contributed by atoms with Gasteiger partial charge in [-0.05, 0) is 31.6 Å².